The van der Waals surface area contributed by atoms with Crippen LogP contribution in [0.2, 0.25) is 5.02 Å². The number of nitrogens with zero attached hydrogens (tertiary/aromatic N) is 8. The van der Waals surface area contributed by atoms with Crippen LogP contribution in [0.4, 0.5) is 16.3 Å². The minimum Gasteiger partial charge on any atom is -0.490 e. The number of ether oxygens (including phenoxy) is 1. The molecule has 15 heteroatoms. The maximum atomic E-state index is 13.0. The van der Waals surface area contributed by atoms with Gasteiger partial charge in [0.2, 0.25) is 5.91 Å². The lowest BCUT2D eigenvalue weighted by molar-refractivity contribution is -0.120. The SMILES string of the molecule is CC1(CN2CCC(n3ncc4c(N5CCC(=O)NC5=O)cccc43)CC2)CCN(c2ccc(C(=O)NC3CCC(Oc4ccc(C#N)c(Cl)c4)CC3)nn2)CC1. The van der Waals surface area contributed by atoms with Gasteiger partial charge in [0.05, 0.1) is 40.1 Å². The summed E-state index contributed by atoms with van der Waals surface area (Å²) in [6, 6.07) is 16.7. The van der Waals surface area contributed by atoms with E-state index in [0.717, 1.165) is 106 Å². The van der Waals surface area contributed by atoms with E-state index in [9.17, 15) is 14.4 Å². The molecular formula is C41H47ClN10O4. The number of halogens is 1. The van der Waals surface area contributed by atoms with Crippen molar-refractivity contribution in [3.8, 4) is 11.8 Å². The molecule has 1 aliphatic carbocycles. The Kier molecular flexibility index (Phi) is 10.8. The van der Waals surface area contributed by atoms with Crippen LogP contribution in [0.15, 0.2) is 54.7 Å². The molecule has 56 heavy (non-hydrogen) atoms. The zero-order valence-corrected chi connectivity index (χ0v) is 32.4. The molecule has 8 rings (SSSR count). The van der Waals surface area contributed by atoms with E-state index in [1.165, 1.54) is 0 Å². The summed E-state index contributed by atoms with van der Waals surface area (Å²) in [6.45, 7) is 7.58. The minimum atomic E-state index is -0.383. The molecular weight excluding hydrogens is 732 g/mol. The second-order valence-electron chi connectivity index (χ2n) is 16.0. The number of imide groups is 1. The Morgan fingerprint density at radius 3 is 2.48 bits per heavy atom. The lowest BCUT2D eigenvalue weighted by Crippen LogP contribution is -2.49. The summed E-state index contributed by atoms with van der Waals surface area (Å²) in [4.78, 5) is 43.8. The molecule has 3 aliphatic heterocycles. The Morgan fingerprint density at radius 2 is 1.79 bits per heavy atom. The maximum absolute atomic E-state index is 13.0. The first-order chi connectivity index (χ1) is 27.1. The van der Waals surface area contributed by atoms with E-state index in [0.29, 0.717) is 28.6 Å². The number of fused-ring (bicyclic) bond motifs is 1. The zero-order chi connectivity index (χ0) is 38.8. The average molecular weight is 779 g/mol. The number of benzene rings is 2. The molecule has 4 amide bonds. The summed E-state index contributed by atoms with van der Waals surface area (Å²) in [5.74, 6) is 0.999. The van der Waals surface area contributed by atoms with Crippen LogP contribution < -0.4 is 25.2 Å². The lowest BCUT2D eigenvalue weighted by atomic mass is 9.79. The standard InChI is InChI=1S/C41H47ClN10O4/c1-41(26-49-18-13-29(14-19-49)52-36-4-2-3-35(32(36)25-44-52)51-20-15-38(53)46-40(51)55)16-21-50(22-17-41)37-12-11-34(47-48-37)39(54)45-28-6-9-30(10-7-28)56-31-8-5-27(24-43)33(42)23-31/h2-5,8,11-12,23,25,28-30H,6-7,9-10,13-22,26H2,1H3,(H,45,54)(H,46,53,55). The van der Waals surface area contributed by atoms with Crippen LogP contribution in [-0.2, 0) is 4.79 Å². The van der Waals surface area contributed by atoms with Gasteiger partial charge >= 0.3 is 6.03 Å². The number of hydrogen-bond acceptors (Lipinski definition) is 10. The first-order valence-corrected chi connectivity index (χ1v) is 20.1. The molecule has 0 unspecified atom stereocenters. The lowest BCUT2D eigenvalue weighted by Gasteiger charge is -2.44. The monoisotopic (exact) mass is 778 g/mol. The van der Waals surface area contributed by atoms with E-state index in [1.54, 1.807) is 29.2 Å². The van der Waals surface area contributed by atoms with Crippen molar-refractivity contribution >= 4 is 51.9 Å². The van der Waals surface area contributed by atoms with Gasteiger partial charge < -0.3 is 19.9 Å². The second-order valence-corrected chi connectivity index (χ2v) is 16.4. The number of piperidine rings is 2. The van der Waals surface area contributed by atoms with Gasteiger partial charge in [-0.05, 0) is 93.2 Å². The van der Waals surface area contributed by atoms with E-state index in [2.05, 4.69) is 54.4 Å². The zero-order valence-electron chi connectivity index (χ0n) is 31.6. The molecule has 292 valence electrons. The van der Waals surface area contributed by atoms with Gasteiger partial charge in [-0.3, -0.25) is 24.5 Å². The van der Waals surface area contributed by atoms with Gasteiger partial charge in [0.15, 0.2) is 11.5 Å². The number of nitrogens with one attached hydrogen (secondary N) is 2. The fourth-order valence-corrected chi connectivity index (χ4v) is 8.94. The molecule has 4 fully saturated rings. The molecule has 2 aromatic carbocycles. The van der Waals surface area contributed by atoms with Gasteiger partial charge in [0.25, 0.3) is 5.91 Å². The highest BCUT2D eigenvalue weighted by molar-refractivity contribution is 6.31. The third-order valence-corrected chi connectivity index (χ3v) is 12.3. The smallest absolute Gasteiger partial charge is 0.328 e. The number of nitriles is 1. The van der Waals surface area contributed by atoms with Crippen LogP contribution in [0.5, 0.6) is 5.75 Å². The third kappa shape index (κ3) is 8.15. The normalized spacial score (nSPS) is 22.1. The van der Waals surface area contributed by atoms with Crippen LogP contribution >= 0.6 is 11.6 Å². The fourth-order valence-electron chi connectivity index (χ4n) is 8.72. The highest BCUT2D eigenvalue weighted by Crippen LogP contribution is 2.37. The van der Waals surface area contributed by atoms with Gasteiger partial charge in [-0.25, -0.2) is 4.79 Å². The number of rotatable bonds is 9. The van der Waals surface area contributed by atoms with Crippen molar-refractivity contribution in [2.45, 2.75) is 82.9 Å². The topological polar surface area (TPSA) is 162 Å². The van der Waals surface area contributed by atoms with Crippen molar-refractivity contribution in [1.82, 2.24) is 35.5 Å². The Hall–Kier alpha value is -5.26. The summed E-state index contributed by atoms with van der Waals surface area (Å²) in [5, 5.41) is 29.5. The van der Waals surface area contributed by atoms with E-state index in [1.807, 2.05) is 24.4 Å². The highest BCUT2D eigenvalue weighted by Gasteiger charge is 2.35. The van der Waals surface area contributed by atoms with E-state index >= 15 is 0 Å². The predicted molar refractivity (Wildman–Crippen MR) is 212 cm³/mol. The molecule has 4 aromatic rings. The van der Waals surface area contributed by atoms with Gasteiger partial charge in [0, 0.05) is 63.2 Å². The van der Waals surface area contributed by atoms with Gasteiger partial charge in [-0.2, -0.15) is 10.4 Å². The molecule has 5 heterocycles. The Morgan fingerprint density at radius 1 is 1.00 bits per heavy atom. The molecule has 0 bridgehead atoms. The Labute approximate surface area is 331 Å². The number of anilines is 2. The minimum absolute atomic E-state index is 0.0303. The van der Waals surface area contributed by atoms with Crippen molar-refractivity contribution in [3.05, 3.63) is 71.0 Å². The van der Waals surface area contributed by atoms with E-state index in [4.69, 9.17) is 26.7 Å². The van der Waals surface area contributed by atoms with E-state index < -0.39 is 0 Å². The second kappa shape index (κ2) is 16.1. The Bertz CT molecular complexity index is 2130. The van der Waals surface area contributed by atoms with Crippen LogP contribution in [-0.4, -0.2) is 94.1 Å². The van der Waals surface area contributed by atoms with Crippen molar-refractivity contribution in [3.63, 3.8) is 0 Å². The molecule has 14 nitrogen and oxygen atoms in total. The van der Waals surface area contributed by atoms with Crippen molar-refractivity contribution in [2.24, 2.45) is 5.41 Å². The Balaban J connectivity index is 0.777. The van der Waals surface area contributed by atoms with Gasteiger partial charge in [-0.1, -0.05) is 24.6 Å². The number of carbonyl (C=O) groups is 3. The first kappa shape index (κ1) is 37.7. The first-order valence-electron chi connectivity index (χ1n) is 19.7. The fraction of sp³-hybridized carbons (Fsp3) is 0.488. The summed E-state index contributed by atoms with van der Waals surface area (Å²) in [6.07, 6.45) is 9.46. The molecule has 0 atom stereocenters. The molecule has 4 aliphatic rings. The molecule has 0 radical (unpaired) electrons. The molecule has 1 saturated carbocycles. The molecule has 3 saturated heterocycles. The van der Waals surface area contributed by atoms with Crippen LogP contribution in [0.3, 0.4) is 0 Å². The molecule has 2 aromatic heterocycles. The van der Waals surface area contributed by atoms with Crippen LogP contribution in [0, 0.1) is 16.7 Å². The van der Waals surface area contributed by atoms with Crippen LogP contribution in [0.1, 0.15) is 86.8 Å². The number of likely N-dealkylation sites (tertiary alicyclic amines) is 1. The quantitative estimate of drug-likeness (QED) is 0.211. The largest absolute Gasteiger partial charge is 0.490 e. The summed E-state index contributed by atoms with van der Waals surface area (Å²) in [5.41, 5.74) is 2.74. The van der Waals surface area contributed by atoms with Crippen LogP contribution in [0.25, 0.3) is 10.9 Å². The molecule has 2 N–H and O–H groups in total. The predicted octanol–water partition coefficient (Wildman–Crippen LogP) is 5.86. The van der Waals surface area contributed by atoms with Crippen molar-refractivity contribution in [1.29, 1.82) is 5.26 Å². The summed E-state index contributed by atoms with van der Waals surface area (Å²) in [7, 11) is 0. The summed E-state index contributed by atoms with van der Waals surface area (Å²) >= 11 is 6.15. The van der Waals surface area contributed by atoms with Gasteiger partial charge in [-0.15, -0.1) is 10.2 Å². The van der Waals surface area contributed by atoms with Crippen molar-refractivity contribution in [2.75, 3.05) is 49.1 Å². The number of aromatic nitrogens is 4. The summed E-state index contributed by atoms with van der Waals surface area (Å²) < 4.78 is 8.21. The number of urea groups is 1. The number of hydrogen-bond donors (Lipinski definition) is 2. The number of amides is 4. The molecule has 0 spiro atoms. The highest BCUT2D eigenvalue weighted by atomic mass is 35.5. The van der Waals surface area contributed by atoms with E-state index in [-0.39, 0.29) is 47.9 Å². The maximum Gasteiger partial charge on any atom is 0.328 e. The van der Waals surface area contributed by atoms with Gasteiger partial charge in [0.1, 0.15) is 11.8 Å². The third-order valence-electron chi connectivity index (χ3n) is 12.0. The van der Waals surface area contributed by atoms with Crippen molar-refractivity contribution < 1.29 is 19.1 Å². The number of carbonyl (C=O) groups excluding carboxylic acids is 3. The average Bonchev–Trinajstić information content (AvgIpc) is 3.64.